The summed E-state index contributed by atoms with van der Waals surface area (Å²) in [6.45, 7) is 3.83. The molecule has 1 aromatic carbocycles. The van der Waals surface area contributed by atoms with Gasteiger partial charge in [0.25, 0.3) is 5.91 Å². The summed E-state index contributed by atoms with van der Waals surface area (Å²) >= 11 is 0. The van der Waals surface area contributed by atoms with E-state index in [4.69, 9.17) is 4.74 Å². The Labute approximate surface area is 149 Å². The average molecular weight is 339 g/mol. The largest absolute Gasteiger partial charge is 0.496 e. The van der Waals surface area contributed by atoms with Crippen LogP contribution in [0.1, 0.15) is 28.8 Å². The molecule has 25 heavy (non-hydrogen) atoms. The average Bonchev–Trinajstić information content (AvgIpc) is 2.68. The molecular weight excluding hydrogens is 314 g/mol. The van der Waals surface area contributed by atoms with Gasteiger partial charge in [-0.15, -0.1) is 0 Å². The van der Waals surface area contributed by atoms with Crippen molar-refractivity contribution >= 4 is 5.91 Å². The van der Waals surface area contributed by atoms with Gasteiger partial charge < -0.3 is 10.1 Å². The molecule has 5 heteroatoms. The van der Waals surface area contributed by atoms with Crippen molar-refractivity contribution in [2.75, 3.05) is 26.7 Å². The first-order valence-electron chi connectivity index (χ1n) is 8.78. The van der Waals surface area contributed by atoms with Crippen LogP contribution in [0.15, 0.2) is 48.8 Å². The van der Waals surface area contributed by atoms with E-state index in [-0.39, 0.29) is 5.91 Å². The van der Waals surface area contributed by atoms with Gasteiger partial charge in [-0.1, -0.05) is 12.1 Å². The Hall–Kier alpha value is -2.40. The molecule has 0 bridgehead atoms. The molecule has 1 amide bonds. The lowest BCUT2D eigenvalue weighted by Gasteiger charge is -2.32. The Balaban J connectivity index is 1.44. The molecule has 5 nitrogen and oxygen atoms in total. The molecule has 1 saturated heterocycles. The third-order valence-electron chi connectivity index (χ3n) is 4.77. The zero-order valence-corrected chi connectivity index (χ0v) is 14.6. The molecule has 0 saturated carbocycles. The van der Waals surface area contributed by atoms with E-state index in [9.17, 15) is 4.79 Å². The van der Waals surface area contributed by atoms with Gasteiger partial charge in [-0.2, -0.15) is 0 Å². The number of carbonyl (C=O) groups is 1. The maximum Gasteiger partial charge on any atom is 0.255 e. The summed E-state index contributed by atoms with van der Waals surface area (Å²) in [6, 6.07) is 11.5. The number of methoxy groups -OCH3 is 1. The molecule has 2 aromatic rings. The van der Waals surface area contributed by atoms with Crippen molar-refractivity contribution < 1.29 is 9.53 Å². The molecule has 0 unspecified atom stereocenters. The van der Waals surface area contributed by atoms with E-state index in [0.29, 0.717) is 17.2 Å². The fourth-order valence-corrected chi connectivity index (χ4v) is 3.26. The highest BCUT2D eigenvalue weighted by Crippen LogP contribution is 2.20. The first-order chi connectivity index (χ1) is 12.3. The van der Waals surface area contributed by atoms with Gasteiger partial charge in [0.15, 0.2) is 0 Å². The van der Waals surface area contributed by atoms with Gasteiger partial charge in [-0.05, 0) is 61.7 Å². The SMILES string of the molecule is COc1ccccc1C(=O)NCC1CCN(Cc2ccncc2)CC1. The predicted octanol–water partition coefficient (Wildman–Crippen LogP) is 2.73. The van der Waals surface area contributed by atoms with Crippen LogP contribution in [0.4, 0.5) is 0 Å². The van der Waals surface area contributed by atoms with Gasteiger partial charge in [0.05, 0.1) is 12.7 Å². The second-order valence-corrected chi connectivity index (χ2v) is 6.49. The monoisotopic (exact) mass is 339 g/mol. The zero-order chi connectivity index (χ0) is 17.5. The van der Waals surface area contributed by atoms with Gasteiger partial charge >= 0.3 is 0 Å². The normalized spacial score (nSPS) is 15.7. The van der Waals surface area contributed by atoms with E-state index in [1.54, 1.807) is 13.2 Å². The molecule has 0 spiro atoms. The summed E-state index contributed by atoms with van der Waals surface area (Å²) < 4.78 is 5.26. The smallest absolute Gasteiger partial charge is 0.255 e. The second kappa shape index (κ2) is 8.62. The number of aromatic nitrogens is 1. The topological polar surface area (TPSA) is 54.5 Å². The highest BCUT2D eigenvalue weighted by molar-refractivity contribution is 5.96. The molecule has 0 radical (unpaired) electrons. The Morgan fingerprint density at radius 1 is 1.20 bits per heavy atom. The highest BCUT2D eigenvalue weighted by Gasteiger charge is 2.20. The van der Waals surface area contributed by atoms with Crippen molar-refractivity contribution in [1.82, 2.24) is 15.2 Å². The summed E-state index contributed by atoms with van der Waals surface area (Å²) in [5.74, 6) is 1.09. The number of carbonyl (C=O) groups excluding carboxylic acids is 1. The number of hydrogen-bond donors (Lipinski definition) is 1. The fourth-order valence-electron chi connectivity index (χ4n) is 3.26. The molecule has 0 atom stereocenters. The minimum absolute atomic E-state index is 0.0586. The Morgan fingerprint density at radius 3 is 2.64 bits per heavy atom. The maximum atomic E-state index is 12.4. The number of pyridine rings is 1. The molecule has 1 aromatic heterocycles. The van der Waals surface area contributed by atoms with Crippen molar-refractivity contribution in [2.24, 2.45) is 5.92 Å². The minimum atomic E-state index is -0.0586. The lowest BCUT2D eigenvalue weighted by Crippen LogP contribution is -2.38. The van der Waals surface area contributed by atoms with Crippen LogP contribution in [0.3, 0.4) is 0 Å². The maximum absolute atomic E-state index is 12.4. The van der Waals surface area contributed by atoms with Crippen LogP contribution in [0, 0.1) is 5.92 Å². The number of ether oxygens (including phenoxy) is 1. The number of benzene rings is 1. The molecule has 1 N–H and O–H groups in total. The first-order valence-corrected chi connectivity index (χ1v) is 8.78. The van der Waals surface area contributed by atoms with Crippen LogP contribution >= 0.6 is 0 Å². The third kappa shape index (κ3) is 4.79. The van der Waals surface area contributed by atoms with E-state index in [0.717, 1.165) is 39.0 Å². The standard InChI is InChI=1S/C20H25N3O2/c1-25-19-5-3-2-4-18(19)20(24)22-14-16-8-12-23(13-9-16)15-17-6-10-21-11-7-17/h2-7,10-11,16H,8-9,12-15H2,1H3,(H,22,24). The Bertz CT molecular complexity index is 682. The van der Waals surface area contributed by atoms with Crippen molar-refractivity contribution in [1.29, 1.82) is 0 Å². The molecule has 132 valence electrons. The summed E-state index contributed by atoms with van der Waals surface area (Å²) in [5.41, 5.74) is 1.90. The number of nitrogens with one attached hydrogen (secondary N) is 1. The number of hydrogen-bond acceptors (Lipinski definition) is 4. The quantitative estimate of drug-likeness (QED) is 0.879. The van der Waals surface area contributed by atoms with E-state index in [1.807, 2.05) is 30.6 Å². The summed E-state index contributed by atoms with van der Waals surface area (Å²) in [6.07, 6.45) is 5.90. The fraction of sp³-hybridized carbons (Fsp3) is 0.400. The van der Waals surface area contributed by atoms with Gasteiger partial charge in [0.2, 0.25) is 0 Å². The lowest BCUT2D eigenvalue weighted by atomic mass is 9.96. The molecule has 3 rings (SSSR count). The Morgan fingerprint density at radius 2 is 1.92 bits per heavy atom. The number of amides is 1. The van der Waals surface area contributed by atoms with E-state index in [2.05, 4.69) is 27.3 Å². The summed E-state index contributed by atoms with van der Waals surface area (Å²) in [4.78, 5) is 18.9. The van der Waals surface area contributed by atoms with Gasteiger partial charge in [-0.25, -0.2) is 0 Å². The van der Waals surface area contributed by atoms with E-state index in [1.165, 1.54) is 5.56 Å². The van der Waals surface area contributed by atoms with Gasteiger partial charge in [0.1, 0.15) is 5.75 Å². The number of piperidine rings is 1. The highest BCUT2D eigenvalue weighted by atomic mass is 16.5. The van der Waals surface area contributed by atoms with E-state index < -0.39 is 0 Å². The molecule has 2 heterocycles. The van der Waals surface area contributed by atoms with Gasteiger partial charge in [0, 0.05) is 25.5 Å². The number of likely N-dealkylation sites (tertiary alicyclic amines) is 1. The third-order valence-corrected chi connectivity index (χ3v) is 4.77. The van der Waals surface area contributed by atoms with Crippen LogP contribution in [-0.2, 0) is 6.54 Å². The van der Waals surface area contributed by atoms with Gasteiger partial charge in [-0.3, -0.25) is 14.7 Å². The minimum Gasteiger partial charge on any atom is -0.496 e. The predicted molar refractivity (Wildman–Crippen MR) is 97.6 cm³/mol. The number of nitrogens with zero attached hydrogens (tertiary/aromatic N) is 2. The van der Waals surface area contributed by atoms with Crippen LogP contribution in [0.25, 0.3) is 0 Å². The van der Waals surface area contributed by atoms with Crippen LogP contribution in [0.5, 0.6) is 5.75 Å². The second-order valence-electron chi connectivity index (χ2n) is 6.49. The van der Waals surface area contributed by atoms with Crippen molar-refractivity contribution in [3.05, 3.63) is 59.9 Å². The molecule has 0 aliphatic carbocycles. The summed E-state index contributed by atoms with van der Waals surface area (Å²) in [7, 11) is 1.59. The number of rotatable bonds is 6. The first kappa shape index (κ1) is 17.4. The summed E-state index contributed by atoms with van der Waals surface area (Å²) in [5, 5.41) is 3.06. The molecule has 1 aliphatic heterocycles. The zero-order valence-electron chi connectivity index (χ0n) is 14.6. The lowest BCUT2D eigenvalue weighted by molar-refractivity contribution is 0.0932. The van der Waals surface area contributed by atoms with Crippen molar-refractivity contribution in [2.45, 2.75) is 19.4 Å². The van der Waals surface area contributed by atoms with E-state index >= 15 is 0 Å². The number of para-hydroxylation sites is 1. The van der Waals surface area contributed by atoms with Crippen LogP contribution < -0.4 is 10.1 Å². The van der Waals surface area contributed by atoms with Crippen molar-refractivity contribution in [3.8, 4) is 5.75 Å². The molecular formula is C20H25N3O2. The van der Waals surface area contributed by atoms with Crippen LogP contribution in [-0.4, -0.2) is 42.5 Å². The molecule has 1 aliphatic rings. The molecule has 1 fully saturated rings. The van der Waals surface area contributed by atoms with Crippen molar-refractivity contribution in [3.63, 3.8) is 0 Å². The van der Waals surface area contributed by atoms with Crippen LogP contribution in [0.2, 0.25) is 0 Å². The Kier molecular flexibility index (Phi) is 6.01.